The molecule has 0 spiro atoms. The van der Waals surface area contributed by atoms with Crippen molar-refractivity contribution in [2.45, 2.75) is 0 Å². The molecule has 0 aromatic carbocycles. The van der Waals surface area contributed by atoms with E-state index in [1.54, 1.807) is 6.07 Å². The average Bonchev–Trinajstić information content (AvgIpc) is 2.15. The Kier molecular flexibility index (Phi) is 1.01. The molecule has 1 aromatic rings. The van der Waals surface area contributed by atoms with E-state index in [0.29, 0.717) is 4.73 Å². The second-order valence-corrected chi connectivity index (χ2v) is 1.43. The van der Waals surface area contributed by atoms with Crippen LogP contribution in [-0.2, 0) is 0 Å². The van der Waals surface area contributed by atoms with Crippen molar-refractivity contribution >= 4 is 5.82 Å². The van der Waals surface area contributed by atoms with Gasteiger partial charge < -0.3 is 10.9 Å². The van der Waals surface area contributed by atoms with Crippen LogP contribution in [0.25, 0.3) is 0 Å². The monoisotopic (exact) mass is 124 g/mol. The fourth-order valence-corrected chi connectivity index (χ4v) is 0.435. The van der Waals surface area contributed by atoms with E-state index in [2.05, 4.69) is 4.98 Å². The van der Waals surface area contributed by atoms with Crippen molar-refractivity contribution in [2.75, 3.05) is 5.73 Å². The highest BCUT2D eigenvalue weighted by molar-refractivity contribution is 5.30. The summed E-state index contributed by atoms with van der Waals surface area (Å²) in [4.78, 5) is 3.46. The Morgan fingerprint density at radius 3 is 2.78 bits per heavy atom. The standard InChI is InChI=1S/C4H4N4O/c5-1-4-7-2-3(6)8(4)9/h2,9H,6H2. The highest BCUT2D eigenvalue weighted by atomic mass is 16.5. The zero-order valence-electron chi connectivity index (χ0n) is 4.44. The lowest BCUT2D eigenvalue weighted by Gasteiger charge is -1.89. The Hall–Kier alpha value is -1.70. The van der Waals surface area contributed by atoms with Crippen molar-refractivity contribution in [3.05, 3.63) is 12.0 Å². The number of imidazole rings is 1. The van der Waals surface area contributed by atoms with Gasteiger partial charge in [0.05, 0.1) is 6.20 Å². The maximum atomic E-state index is 8.74. The lowest BCUT2D eigenvalue weighted by Crippen LogP contribution is -1.99. The van der Waals surface area contributed by atoms with Crippen LogP contribution in [0.15, 0.2) is 6.20 Å². The van der Waals surface area contributed by atoms with Crippen LogP contribution in [0.2, 0.25) is 0 Å². The van der Waals surface area contributed by atoms with Crippen molar-refractivity contribution in [1.29, 1.82) is 5.26 Å². The molecule has 1 rings (SSSR count). The van der Waals surface area contributed by atoms with Gasteiger partial charge in [-0.25, -0.2) is 4.98 Å². The first kappa shape index (κ1) is 5.44. The van der Waals surface area contributed by atoms with Crippen LogP contribution in [0.4, 0.5) is 5.82 Å². The molecule has 0 aliphatic heterocycles. The lowest BCUT2D eigenvalue weighted by molar-refractivity contribution is 0.189. The van der Waals surface area contributed by atoms with Gasteiger partial charge in [0.15, 0.2) is 5.82 Å². The molecule has 5 heteroatoms. The topological polar surface area (TPSA) is 87.9 Å². The molecule has 46 valence electrons. The quantitative estimate of drug-likeness (QED) is 0.459. The third-order valence-electron chi connectivity index (χ3n) is 0.864. The molecule has 0 bridgehead atoms. The van der Waals surface area contributed by atoms with Crippen molar-refractivity contribution in [1.82, 2.24) is 9.71 Å². The van der Waals surface area contributed by atoms with E-state index in [9.17, 15) is 0 Å². The van der Waals surface area contributed by atoms with Crippen LogP contribution in [0.3, 0.4) is 0 Å². The molecular weight excluding hydrogens is 120 g/mol. The summed E-state index contributed by atoms with van der Waals surface area (Å²) in [6.07, 6.45) is 1.21. The van der Waals surface area contributed by atoms with E-state index < -0.39 is 0 Å². The van der Waals surface area contributed by atoms with Crippen molar-refractivity contribution in [2.24, 2.45) is 0 Å². The van der Waals surface area contributed by atoms with E-state index in [4.69, 9.17) is 16.2 Å². The molecule has 0 saturated heterocycles. The number of nitrogens with two attached hydrogens (primary N) is 1. The molecule has 1 aromatic heterocycles. The maximum Gasteiger partial charge on any atom is 0.248 e. The fourth-order valence-electron chi connectivity index (χ4n) is 0.435. The third-order valence-corrected chi connectivity index (χ3v) is 0.864. The third kappa shape index (κ3) is 0.659. The van der Waals surface area contributed by atoms with Gasteiger partial charge in [-0.2, -0.15) is 5.26 Å². The molecule has 0 radical (unpaired) electrons. The minimum Gasteiger partial charge on any atom is -0.424 e. The summed E-state index contributed by atoms with van der Waals surface area (Å²) in [6.45, 7) is 0. The number of hydrogen-bond donors (Lipinski definition) is 2. The SMILES string of the molecule is N#Cc1ncc(N)n1O. The number of hydrogen-bond acceptors (Lipinski definition) is 4. The van der Waals surface area contributed by atoms with Gasteiger partial charge >= 0.3 is 0 Å². The van der Waals surface area contributed by atoms with Crippen LogP contribution < -0.4 is 5.73 Å². The van der Waals surface area contributed by atoms with E-state index in [1.807, 2.05) is 0 Å². The largest absolute Gasteiger partial charge is 0.424 e. The van der Waals surface area contributed by atoms with Gasteiger partial charge in [0, 0.05) is 0 Å². The number of rotatable bonds is 0. The lowest BCUT2D eigenvalue weighted by atomic mass is 10.7. The molecule has 0 saturated carbocycles. The molecular formula is C4H4N4O. The van der Waals surface area contributed by atoms with Gasteiger partial charge in [0.25, 0.3) is 0 Å². The Bertz CT molecular complexity index is 258. The predicted molar refractivity (Wildman–Crippen MR) is 28.5 cm³/mol. The van der Waals surface area contributed by atoms with E-state index in [0.717, 1.165) is 0 Å². The highest BCUT2D eigenvalue weighted by Crippen LogP contribution is 2.00. The van der Waals surface area contributed by atoms with Crippen molar-refractivity contribution in [3.8, 4) is 6.07 Å². The Balaban J connectivity index is 3.24. The zero-order chi connectivity index (χ0) is 6.85. The Morgan fingerprint density at radius 1 is 1.89 bits per heavy atom. The molecule has 9 heavy (non-hydrogen) atoms. The summed E-state index contributed by atoms with van der Waals surface area (Å²) < 4.78 is 0.528. The average molecular weight is 124 g/mol. The molecule has 0 aliphatic carbocycles. The minimum atomic E-state index is -0.104. The maximum absolute atomic E-state index is 8.74. The van der Waals surface area contributed by atoms with Crippen molar-refractivity contribution in [3.63, 3.8) is 0 Å². The summed E-state index contributed by atoms with van der Waals surface area (Å²) >= 11 is 0. The van der Waals surface area contributed by atoms with Crippen LogP contribution in [0, 0.1) is 11.3 Å². The van der Waals surface area contributed by atoms with Crippen LogP contribution >= 0.6 is 0 Å². The fraction of sp³-hybridized carbons (Fsp3) is 0. The normalized spacial score (nSPS) is 8.78. The van der Waals surface area contributed by atoms with Crippen LogP contribution in [-0.4, -0.2) is 14.9 Å². The zero-order valence-corrected chi connectivity index (χ0v) is 4.44. The van der Waals surface area contributed by atoms with Crippen LogP contribution in [0.1, 0.15) is 5.82 Å². The van der Waals surface area contributed by atoms with E-state index >= 15 is 0 Å². The first-order valence-corrected chi connectivity index (χ1v) is 2.18. The summed E-state index contributed by atoms with van der Waals surface area (Å²) in [5, 5.41) is 16.9. The Morgan fingerprint density at radius 2 is 2.56 bits per heavy atom. The molecule has 0 fully saturated rings. The smallest absolute Gasteiger partial charge is 0.248 e. The first-order valence-electron chi connectivity index (χ1n) is 2.18. The number of nitrogen functional groups attached to an aromatic ring is 1. The van der Waals surface area contributed by atoms with Gasteiger partial charge in [0.2, 0.25) is 5.82 Å². The van der Waals surface area contributed by atoms with Gasteiger partial charge in [-0.05, 0) is 0 Å². The second kappa shape index (κ2) is 1.67. The van der Waals surface area contributed by atoms with E-state index in [-0.39, 0.29) is 11.6 Å². The van der Waals surface area contributed by atoms with Crippen LogP contribution in [0.5, 0.6) is 0 Å². The van der Waals surface area contributed by atoms with E-state index in [1.165, 1.54) is 6.20 Å². The summed E-state index contributed by atoms with van der Waals surface area (Å²) in [6, 6.07) is 1.64. The highest BCUT2D eigenvalue weighted by Gasteiger charge is 2.01. The van der Waals surface area contributed by atoms with Gasteiger partial charge in [-0.1, -0.05) is 0 Å². The summed E-state index contributed by atoms with van der Waals surface area (Å²) in [7, 11) is 0. The summed E-state index contributed by atoms with van der Waals surface area (Å²) in [5.74, 6) is -0.0425. The molecule has 0 atom stereocenters. The first-order chi connectivity index (χ1) is 4.25. The molecule has 1 heterocycles. The Labute approximate surface area is 50.9 Å². The molecule has 0 unspecified atom stereocenters. The minimum absolute atomic E-state index is 0.0616. The predicted octanol–water partition coefficient (Wildman–Crippen LogP) is -0.426. The molecule has 0 aliphatic rings. The number of aromatic nitrogens is 2. The molecule has 5 nitrogen and oxygen atoms in total. The number of nitriles is 1. The molecule has 3 N–H and O–H groups in total. The van der Waals surface area contributed by atoms with Crippen molar-refractivity contribution < 1.29 is 5.21 Å². The summed E-state index contributed by atoms with van der Waals surface area (Å²) in [5.41, 5.74) is 5.12. The number of nitrogens with zero attached hydrogens (tertiary/aromatic N) is 3. The van der Waals surface area contributed by atoms with Gasteiger partial charge in [0.1, 0.15) is 6.07 Å². The number of anilines is 1. The molecule has 0 amide bonds. The van der Waals surface area contributed by atoms with Gasteiger partial charge in [-0.3, -0.25) is 0 Å². The second-order valence-electron chi connectivity index (χ2n) is 1.43. The van der Waals surface area contributed by atoms with Gasteiger partial charge in [-0.15, -0.1) is 4.73 Å².